The highest BCUT2D eigenvalue weighted by atomic mass is 16.1. The van der Waals surface area contributed by atoms with Crippen molar-refractivity contribution < 1.29 is 0 Å². The molecule has 1 aromatic rings. The summed E-state index contributed by atoms with van der Waals surface area (Å²) in [7, 11) is 0. The van der Waals surface area contributed by atoms with Gasteiger partial charge in [-0.1, -0.05) is 13.8 Å². The molecule has 0 saturated carbocycles. The third kappa shape index (κ3) is 1.76. The van der Waals surface area contributed by atoms with E-state index in [1.165, 1.54) is 0 Å². The van der Waals surface area contributed by atoms with Crippen LogP contribution in [0.1, 0.15) is 19.5 Å². The lowest BCUT2D eigenvalue weighted by atomic mass is 10.1. The molecular weight excluding hydrogens is 128 g/mol. The smallest absolute Gasteiger partial charge is 0.264 e. The molecule has 2 N–H and O–H groups in total. The molecule has 1 heterocycles. The maximum atomic E-state index is 10.6. The van der Waals surface area contributed by atoms with Crippen molar-refractivity contribution in [2.45, 2.75) is 20.3 Å². The minimum Gasteiger partial charge on any atom is -0.302 e. The molecule has 0 fully saturated rings. The Morgan fingerprint density at radius 2 is 2.20 bits per heavy atom. The lowest BCUT2D eigenvalue weighted by Crippen LogP contribution is -1.94. The lowest BCUT2D eigenvalue weighted by Gasteiger charge is -1.98. The molecular formula is C7H12N2O. The third-order valence-electron chi connectivity index (χ3n) is 1.28. The van der Waals surface area contributed by atoms with Crippen LogP contribution in [-0.4, -0.2) is 10.2 Å². The predicted molar refractivity (Wildman–Crippen MR) is 40.0 cm³/mol. The first-order valence-electron chi connectivity index (χ1n) is 3.45. The SMILES string of the molecule is CC(C)Cc1cc(=O)[nH][nH]1. The van der Waals surface area contributed by atoms with Crippen LogP contribution in [0.3, 0.4) is 0 Å². The van der Waals surface area contributed by atoms with Gasteiger partial charge in [0.25, 0.3) is 5.56 Å². The van der Waals surface area contributed by atoms with Gasteiger partial charge in [0.1, 0.15) is 0 Å². The topological polar surface area (TPSA) is 48.6 Å². The van der Waals surface area contributed by atoms with E-state index < -0.39 is 0 Å². The van der Waals surface area contributed by atoms with Crippen LogP contribution in [0.5, 0.6) is 0 Å². The van der Waals surface area contributed by atoms with Gasteiger partial charge < -0.3 is 5.10 Å². The largest absolute Gasteiger partial charge is 0.302 e. The van der Waals surface area contributed by atoms with Gasteiger partial charge in [0.05, 0.1) is 0 Å². The van der Waals surface area contributed by atoms with Crippen LogP contribution in [0.25, 0.3) is 0 Å². The highest BCUT2D eigenvalue weighted by molar-refractivity contribution is 4.98. The summed E-state index contributed by atoms with van der Waals surface area (Å²) in [4.78, 5) is 10.6. The van der Waals surface area contributed by atoms with Crippen molar-refractivity contribution in [2.24, 2.45) is 5.92 Å². The number of aromatic amines is 2. The molecule has 0 atom stereocenters. The van der Waals surface area contributed by atoms with E-state index in [0.29, 0.717) is 5.92 Å². The molecule has 3 nitrogen and oxygen atoms in total. The van der Waals surface area contributed by atoms with E-state index >= 15 is 0 Å². The van der Waals surface area contributed by atoms with Crippen molar-refractivity contribution in [3.05, 3.63) is 22.1 Å². The Balaban J connectivity index is 2.67. The molecule has 0 aliphatic rings. The number of hydrogen-bond acceptors (Lipinski definition) is 1. The molecule has 1 rings (SSSR count). The second kappa shape index (κ2) is 2.73. The van der Waals surface area contributed by atoms with Crippen molar-refractivity contribution in [2.75, 3.05) is 0 Å². The highest BCUT2D eigenvalue weighted by Crippen LogP contribution is 2.00. The van der Waals surface area contributed by atoms with Crippen LogP contribution in [0.2, 0.25) is 0 Å². The molecule has 0 amide bonds. The van der Waals surface area contributed by atoms with Crippen molar-refractivity contribution >= 4 is 0 Å². The van der Waals surface area contributed by atoms with Gasteiger partial charge in [-0.25, -0.2) is 0 Å². The summed E-state index contributed by atoms with van der Waals surface area (Å²) >= 11 is 0. The fourth-order valence-corrected chi connectivity index (χ4v) is 0.922. The van der Waals surface area contributed by atoms with Crippen LogP contribution in [0, 0.1) is 5.92 Å². The fourth-order valence-electron chi connectivity index (χ4n) is 0.922. The Labute approximate surface area is 59.4 Å². The van der Waals surface area contributed by atoms with Gasteiger partial charge in [0.15, 0.2) is 0 Å². The zero-order chi connectivity index (χ0) is 7.56. The number of H-pyrrole nitrogens is 2. The van der Waals surface area contributed by atoms with E-state index in [-0.39, 0.29) is 5.56 Å². The summed E-state index contributed by atoms with van der Waals surface area (Å²) in [5.41, 5.74) is 0.940. The number of aromatic nitrogens is 2. The molecule has 0 aromatic carbocycles. The van der Waals surface area contributed by atoms with Crippen LogP contribution in [0.4, 0.5) is 0 Å². The Morgan fingerprint density at radius 3 is 2.60 bits per heavy atom. The number of nitrogens with one attached hydrogen (secondary N) is 2. The van der Waals surface area contributed by atoms with Crippen LogP contribution in [0.15, 0.2) is 10.9 Å². The first-order chi connectivity index (χ1) is 4.68. The molecule has 0 unspecified atom stereocenters. The van der Waals surface area contributed by atoms with Crippen molar-refractivity contribution in [1.82, 2.24) is 10.2 Å². The van der Waals surface area contributed by atoms with Gasteiger partial charge in [-0.3, -0.25) is 9.89 Å². The first-order valence-corrected chi connectivity index (χ1v) is 3.45. The first kappa shape index (κ1) is 7.12. The van der Waals surface area contributed by atoms with E-state index in [2.05, 4.69) is 24.0 Å². The number of rotatable bonds is 2. The summed E-state index contributed by atoms with van der Waals surface area (Å²) in [5.74, 6) is 0.589. The van der Waals surface area contributed by atoms with E-state index in [1.54, 1.807) is 6.07 Å². The van der Waals surface area contributed by atoms with Crippen molar-refractivity contribution in [1.29, 1.82) is 0 Å². The highest BCUT2D eigenvalue weighted by Gasteiger charge is 1.98. The molecule has 0 radical (unpaired) electrons. The number of hydrogen-bond donors (Lipinski definition) is 2. The molecule has 56 valence electrons. The van der Waals surface area contributed by atoms with Crippen molar-refractivity contribution in [3.63, 3.8) is 0 Å². The zero-order valence-corrected chi connectivity index (χ0v) is 6.27. The quantitative estimate of drug-likeness (QED) is 0.630. The van der Waals surface area contributed by atoms with Crippen LogP contribution >= 0.6 is 0 Å². The average Bonchev–Trinajstić information content (AvgIpc) is 2.13. The van der Waals surface area contributed by atoms with E-state index in [4.69, 9.17) is 0 Å². The Hall–Kier alpha value is -0.990. The van der Waals surface area contributed by atoms with Gasteiger partial charge in [0.2, 0.25) is 0 Å². The fraction of sp³-hybridized carbons (Fsp3) is 0.571. The second-order valence-corrected chi connectivity index (χ2v) is 2.88. The monoisotopic (exact) mass is 140 g/mol. The maximum Gasteiger partial charge on any atom is 0.264 e. The summed E-state index contributed by atoms with van der Waals surface area (Å²) in [6.45, 7) is 4.23. The minimum absolute atomic E-state index is 0.0457. The summed E-state index contributed by atoms with van der Waals surface area (Å²) in [5, 5.41) is 5.29. The maximum absolute atomic E-state index is 10.6. The summed E-state index contributed by atoms with van der Waals surface area (Å²) in [6.07, 6.45) is 0.929. The minimum atomic E-state index is -0.0457. The molecule has 0 saturated heterocycles. The summed E-state index contributed by atoms with van der Waals surface area (Å²) in [6, 6.07) is 1.60. The zero-order valence-electron chi connectivity index (χ0n) is 6.27. The molecule has 0 spiro atoms. The van der Waals surface area contributed by atoms with E-state index in [9.17, 15) is 4.79 Å². The molecule has 0 bridgehead atoms. The van der Waals surface area contributed by atoms with Crippen LogP contribution < -0.4 is 5.56 Å². The van der Waals surface area contributed by atoms with Gasteiger partial charge in [-0.2, -0.15) is 0 Å². The van der Waals surface area contributed by atoms with Gasteiger partial charge in [-0.05, 0) is 12.3 Å². The summed E-state index contributed by atoms with van der Waals surface area (Å²) < 4.78 is 0. The normalized spacial score (nSPS) is 10.7. The molecule has 3 heteroatoms. The van der Waals surface area contributed by atoms with Gasteiger partial charge >= 0.3 is 0 Å². The molecule has 1 aromatic heterocycles. The molecule has 10 heavy (non-hydrogen) atoms. The average molecular weight is 140 g/mol. The van der Waals surface area contributed by atoms with Gasteiger partial charge in [-0.15, -0.1) is 0 Å². The molecule has 0 aliphatic heterocycles. The third-order valence-corrected chi connectivity index (χ3v) is 1.28. The standard InChI is InChI=1S/C7H12N2O/c1-5(2)3-6-4-7(10)9-8-6/h4-5H,3H2,1-2H3,(H2,8,9,10). The Kier molecular flexibility index (Phi) is 1.94. The van der Waals surface area contributed by atoms with E-state index in [1.807, 2.05) is 0 Å². The molecule has 0 aliphatic carbocycles. The predicted octanol–water partition coefficient (Wildman–Crippen LogP) is 0.901. The lowest BCUT2D eigenvalue weighted by molar-refractivity contribution is 0.633. The van der Waals surface area contributed by atoms with Crippen molar-refractivity contribution in [3.8, 4) is 0 Å². The Bertz CT molecular complexity index is 246. The Morgan fingerprint density at radius 1 is 1.50 bits per heavy atom. The van der Waals surface area contributed by atoms with E-state index in [0.717, 1.165) is 12.1 Å². The second-order valence-electron chi connectivity index (χ2n) is 2.88. The van der Waals surface area contributed by atoms with Crippen LogP contribution in [-0.2, 0) is 6.42 Å². The van der Waals surface area contributed by atoms with Gasteiger partial charge in [0, 0.05) is 11.8 Å².